The fourth-order valence-corrected chi connectivity index (χ4v) is 3.77. The van der Waals surface area contributed by atoms with E-state index < -0.39 is 17.7 Å². The zero-order valence-electron chi connectivity index (χ0n) is 20.3. The number of carbonyl (C=O) groups excluding carboxylic acids is 1. The molecule has 5 rings (SSSR count). The van der Waals surface area contributed by atoms with Gasteiger partial charge < -0.3 is 20.1 Å². The molecule has 0 saturated heterocycles. The number of rotatable bonds is 7. The van der Waals surface area contributed by atoms with Crippen LogP contribution in [0.25, 0.3) is 15.7 Å². The summed E-state index contributed by atoms with van der Waals surface area (Å²) in [7, 11) is 0. The van der Waals surface area contributed by atoms with Crippen LogP contribution in [0.1, 0.15) is 5.56 Å². The molecule has 1 heterocycles. The third-order valence-corrected chi connectivity index (χ3v) is 5.66. The Bertz CT molecular complexity index is 1690. The SMILES string of the molecule is [C-]#[N+]c1cc2c(Oc3ccc(NC(=O)Nc4ccc(F)cc4)c(F)c3)ccnc2cc1OCc1ccccc1. The predicted molar refractivity (Wildman–Crippen MR) is 144 cm³/mol. The molecule has 0 saturated carbocycles. The molecule has 192 valence electrons. The highest BCUT2D eigenvalue weighted by molar-refractivity contribution is 5.99. The standard InChI is InChI=1S/C30H20F2N4O3/c1-33-27-16-23-26(17-29(27)38-18-19-5-3-2-4-6-19)34-14-13-28(23)39-22-11-12-25(24(32)15-22)36-30(37)35-21-9-7-20(31)8-10-21/h2-17H,18H2,(H2,35,36,37). The van der Waals surface area contributed by atoms with Crippen LogP contribution in [0.3, 0.4) is 0 Å². The smallest absolute Gasteiger partial charge is 0.323 e. The Hall–Kier alpha value is -5.49. The molecule has 7 nitrogen and oxygen atoms in total. The van der Waals surface area contributed by atoms with E-state index in [0.29, 0.717) is 34.7 Å². The molecule has 0 aliphatic heterocycles. The number of fused-ring (bicyclic) bond motifs is 1. The van der Waals surface area contributed by atoms with Gasteiger partial charge in [0.2, 0.25) is 5.69 Å². The summed E-state index contributed by atoms with van der Waals surface area (Å²) in [5, 5.41) is 5.46. The normalized spacial score (nSPS) is 10.5. The summed E-state index contributed by atoms with van der Waals surface area (Å²) >= 11 is 0. The molecule has 0 unspecified atom stereocenters. The lowest BCUT2D eigenvalue weighted by Gasteiger charge is -2.13. The third kappa shape index (κ3) is 6.09. The first-order valence-electron chi connectivity index (χ1n) is 11.8. The molecule has 5 aromatic rings. The van der Waals surface area contributed by atoms with E-state index in [1.165, 1.54) is 36.4 Å². The summed E-state index contributed by atoms with van der Waals surface area (Å²) in [6.07, 6.45) is 1.54. The number of amides is 2. The summed E-state index contributed by atoms with van der Waals surface area (Å²) in [6.45, 7) is 7.90. The lowest BCUT2D eigenvalue weighted by atomic mass is 10.1. The van der Waals surface area contributed by atoms with E-state index in [1.807, 2.05) is 30.3 Å². The summed E-state index contributed by atoms with van der Waals surface area (Å²) in [4.78, 5) is 20.2. The number of hydrogen-bond acceptors (Lipinski definition) is 4. The largest absolute Gasteiger partial charge is 0.500 e. The van der Waals surface area contributed by atoms with E-state index in [1.54, 1.807) is 24.4 Å². The number of ether oxygens (including phenoxy) is 2. The van der Waals surface area contributed by atoms with Gasteiger partial charge in [-0.25, -0.2) is 18.4 Å². The number of carbonyl (C=O) groups is 1. The maximum absolute atomic E-state index is 14.8. The number of benzene rings is 4. The van der Waals surface area contributed by atoms with Gasteiger partial charge in [-0.1, -0.05) is 30.3 Å². The van der Waals surface area contributed by atoms with Crippen molar-refractivity contribution in [2.45, 2.75) is 6.61 Å². The zero-order chi connectivity index (χ0) is 27.2. The van der Waals surface area contributed by atoms with Crippen molar-refractivity contribution < 1.29 is 23.0 Å². The predicted octanol–water partition coefficient (Wildman–Crippen LogP) is 8.08. The lowest BCUT2D eigenvalue weighted by molar-refractivity contribution is 0.262. The Kier molecular flexibility index (Phi) is 7.28. The van der Waals surface area contributed by atoms with Crippen molar-refractivity contribution in [2.75, 3.05) is 10.6 Å². The van der Waals surface area contributed by atoms with Crippen molar-refractivity contribution in [3.05, 3.63) is 126 Å². The average Bonchev–Trinajstić information content (AvgIpc) is 2.95. The average molecular weight is 523 g/mol. The van der Waals surface area contributed by atoms with Gasteiger partial charge in [0, 0.05) is 23.3 Å². The molecule has 9 heteroatoms. The fraction of sp³-hybridized carbons (Fsp3) is 0.0333. The monoisotopic (exact) mass is 522 g/mol. The van der Waals surface area contributed by atoms with Crippen molar-refractivity contribution in [1.82, 2.24) is 4.98 Å². The summed E-state index contributed by atoms with van der Waals surface area (Å²) in [5.74, 6) is -0.219. The van der Waals surface area contributed by atoms with Crippen molar-refractivity contribution in [2.24, 2.45) is 0 Å². The molecule has 0 aliphatic rings. The minimum absolute atomic E-state index is 0.0722. The first kappa shape index (κ1) is 25.2. The van der Waals surface area contributed by atoms with Gasteiger partial charge in [0.1, 0.15) is 35.5 Å². The number of halogens is 2. The lowest BCUT2D eigenvalue weighted by Crippen LogP contribution is -2.20. The van der Waals surface area contributed by atoms with E-state index in [-0.39, 0.29) is 17.1 Å². The van der Waals surface area contributed by atoms with E-state index in [4.69, 9.17) is 16.0 Å². The number of nitrogens with zero attached hydrogens (tertiary/aromatic N) is 2. The van der Waals surface area contributed by atoms with Crippen LogP contribution in [-0.4, -0.2) is 11.0 Å². The van der Waals surface area contributed by atoms with Gasteiger partial charge >= 0.3 is 6.03 Å². The molecule has 0 spiro atoms. The van der Waals surface area contributed by atoms with E-state index in [0.717, 1.165) is 11.6 Å². The number of aromatic nitrogens is 1. The topological polar surface area (TPSA) is 76.8 Å². The third-order valence-electron chi connectivity index (χ3n) is 5.66. The fourth-order valence-electron chi connectivity index (χ4n) is 3.77. The highest BCUT2D eigenvalue weighted by atomic mass is 19.1. The molecule has 0 atom stereocenters. The van der Waals surface area contributed by atoms with Gasteiger partial charge in [0.15, 0.2) is 0 Å². The highest BCUT2D eigenvalue weighted by Crippen LogP contribution is 2.38. The van der Waals surface area contributed by atoms with E-state index in [2.05, 4.69) is 20.5 Å². The molecule has 1 aromatic heterocycles. The Morgan fingerprint density at radius 3 is 2.44 bits per heavy atom. The minimum atomic E-state index is -0.724. The van der Waals surface area contributed by atoms with Crippen LogP contribution in [0.2, 0.25) is 0 Å². The van der Waals surface area contributed by atoms with Crippen LogP contribution in [0.15, 0.2) is 97.2 Å². The highest BCUT2D eigenvalue weighted by Gasteiger charge is 2.14. The van der Waals surface area contributed by atoms with Crippen molar-refractivity contribution in [3.63, 3.8) is 0 Å². The van der Waals surface area contributed by atoms with Crippen LogP contribution in [-0.2, 0) is 6.61 Å². The van der Waals surface area contributed by atoms with Gasteiger partial charge in [-0.3, -0.25) is 4.98 Å². The quantitative estimate of drug-likeness (QED) is 0.212. The molecular formula is C30H20F2N4O3. The van der Waals surface area contributed by atoms with Crippen molar-refractivity contribution in [3.8, 4) is 17.2 Å². The molecule has 0 radical (unpaired) electrons. The first-order valence-corrected chi connectivity index (χ1v) is 11.8. The maximum atomic E-state index is 14.8. The second kappa shape index (κ2) is 11.3. The van der Waals surface area contributed by atoms with E-state index >= 15 is 0 Å². The molecule has 2 amide bonds. The summed E-state index contributed by atoms with van der Waals surface area (Å²) < 4.78 is 39.6. The summed E-state index contributed by atoms with van der Waals surface area (Å²) in [6, 6.07) is 23.0. The molecule has 39 heavy (non-hydrogen) atoms. The van der Waals surface area contributed by atoms with Gasteiger partial charge in [-0.15, -0.1) is 0 Å². The molecule has 0 fully saturated rings. The van der Waals surface area contributed by atoms with E-state index in [9.17, 15) is 13.6 Å². The Labute approximate surface area is 222 Å². The molecule has 0 aliphatic carbocycles. The number of urea groups is 1. The Balaban J connectivity index is 1.32. The van der Waals surface area contributed by atoms with Gasteiger partial charge in [0.25, 0.3) is 0 Å². The molecule has 0 bridgehead atoms. The van der Waals surface area contributed by atoms with Gasteiger partial charge in [-0.05, 0) is 60.2 Å². The van der Waals surface area contributed by atoms with Crippen LogP contribution >= 0.6 is 0 Å². The first-order chi connectivity index (χ1) is 19.0. The Morgan fingerprint density at radius 1 is 0.897 bits per heavy atom. The number of hydrogen-bond donors (Lipinski definition) is 2. The number of nitrogens with one attached hydrogen (secondary N) is 2. The maximum Gasteiger partial charge on any atom is 0.323 e. The molecule has 4 aromatic carbocycles. The van der Waals surface area contributed by atoms with Crippen LogP contribution in [0, 0.1) is 18.2 Å². The van der Waals surface area contributed by atoms with Crippen LogP contribution < -0.4 is 20.1 Å². The number of anilines is 2. The van der Waals surface area contributed by atoms with Crippen molar-refractivity contribution >= 4 is 34.0 Å². The molecule has 2 N–H and O–H groups in total. The van der Waals surface area contributed by atoms with Crippen molar-refractivity contribution in [1.29, 1.82) is 0 Å². The summed E-state index contributed by atoms with van der Waals surface area (Å²) in [5.41, 5.74) is 2.07. The minimum Gasteiger partial charge on any atom is -0.500 e. The van der Waals surface area contributed by atoms with Crippen LogP contribution in [0.4, 0.5) is 30.6 Å². The second-order valence-electron chi connectivity index (χ2n) is 8.36. The Morgan fingerprint density at radius 2 is 1.69 bits per heavy atom. The van der Waals surface area contributed by atoms with Gasteiger partial charge in [-0.2, -0.15) is 0 Å². The number of pyridine rings is 1. The second-order valence-corrected chi connectivity index (χ2v) is 8.36. The molecular weight excluding hydrogens is 502 g/mol. The van der Waals surface area contributed by atoms with Crippen LogP contribution in [0.5, 0.6) is 17.2 Å². The zero-order valence-corrected chi connectivity index (χ0v) is 20.3. The van der Waals surface area contributed by atoms with Gasteiger partial charge in [0.05, 0.1) is 17.8 Å².